The van der Waals surface area contributed by atoms with Crippen LogP contribution in [-0.2, 0) is 9.47 Å². The molecule has 3 saturated heterocycles. The monoisotopic (exact) mass is 197 g/mol. The van der Waals surface area contributed by atoms with Gasteiger partial charge in [0, 0.05) is 25.3 Å². The molecule has 1 N–H and O–H groups in total. The molecule has 2 bridgehead atoms. The second kappa shape index (κ2) is 3.80. The molecule has 3 heterocycles. The molecule has 3 rings (SSSR count). The van der Waals surface area contributed by atoms with Crippen molar-refractivity contribution in [3.05, 3.63) is 0 Å². The lowest BCUT2D eigenvalue weighted by atomic mass is 9.94. The number of hydrogen-bond donors (Lipinski definition) is 1. The zero-order valence-corrected chi connectivity index (χ0v) is 8.58. The molecule has 0 aromatic heterocycles. The molecular formula is C11H19NO2. The van der Waals surface area contributed by atoms with Crippen LogP contribution in [0.2, 0.25) is 0 Å². The normalized spacial score (nSPS) is 43.3. The fraction of sp³-hybridized carbons (Fsp3) is 1.00. The van der Waals surface area contributed by atoms with E-state index >= 15 is 0 Å². The van der Waals surface area contributed by atoms with Gasteiger partial charge in [-0.25, -0.2) is 0 Å². The first-order valence-electron chi connectivity index (χ1n) is 5.91. The van der Waals surface area contributed by atoms with Crippen molar-refractivity contribution >= 4 is 0 Å². The van der Waals surface area contributed by atoms with Gasteiger partial charge in [-0.3, -0.25) is 0 Å². The predicted octanol–water partition coefficient (Wildman–Crippen LogP) is 1.07. The highest BCUT2D eigenvalue weighted by atomic mass is 16.5. The predicted molar refractivity (Wildman–Crippen MR) is 53.3 cm³/mol. The van der Waals surface area contributed by atoms with Crippen molar-refractivity contribution in [3.63, 3.8) is 0 Å². The molecule has 80 valence electrons. The maximum atomic E-state index is 5.83. The van der Waals surface area contributed by atoms with E-state index in [1.165, 1.54) is 32.1 Å². The molecule has 3 nitrogen and oxygen atoms in total. The maximum Gasteiger partial charge on any atom is 0.0733 e. The van der Waals surface area contributed by atoms with Gasteiger partial charge in [0.25, 0.3) is 0 Å². The SMILES string of the molecule is C1CC(N[C@@H]2C[C@H]3CC[C@@H]2O3)CCO1. The molecule has 0 aromatic carbocycles. The summed E-state index contributed by atoms with van der Waals surface area (Å²) in [6.45, 7) is 1.86. The third-order valence-electron chi connectivity index (χ3n) is 3.78. The van der Waals surface area contributed by atoms with Gasteiger partial charge in [0.05, 0.1) is 12.2 Å². The summed E-state index contributed by atoms with van der Waals surface area (Å²) in [5.74, 6) is 0. The Kier molecular flexibility index (Phi) is 2.48. The molecule has 0 amide bonds. The van der Waals surface area contributed by atoms with Crippen LogP contribution in [0.15, 0.2) is 0 Å². The molecule has 0 aromatic rings. The number of nitrogens with one attached hydrogen (secondary N) is 1. The fourth-order valence-electron chi connectivity index (χ4n) is 2.98. The summed E-state index contributed by atoms with van der Waals surface area (Å²) in [5, 5.41) is 3.74. The van der Waals surface area contributed by atoms with Gasteiger partial charge in [-0.2, -0.15) is 0 Å². The van der Waals surface area contributed by atoms with Crippen molar-refractivity contribution in [1.82, 2.24) is 5.32 Å². The van der Waals surface area contributed by atoms with E-state index < -0.39 is 0 Å². The van der Waals surface area contributed by atoms with E-state index in [9.17, 15) is 0 Å². The van der Waals surface area contributed by atoms with Crippen molar-refractivity contribution < 1.29 is 9.47 Å². The minimum Gasteiger partial charge on any atom is -0.381 e. The zero-order valence-electron chi connectivity index (χ0n) is 8.58. The van der Waals surface area contributed by atoms with E-state index in [0.717, 1.165) is 13.2 Å². The van der Waals surface area contributed by atoms with Gasteiger partial charge in [0.1, 0.15) is 0 Å². The summed E-state index contributed by atoms with van der Waals surface area (Å²) < 4.78 is 11.2. The van der Waals surface area contributed by atoms with Crippen LogP contribution in [0.25, 0.3) is 0 Å². The van der Waals surface area contributed by atoms with Crippen LogP contribution < -0.4 is 5.32 Å². The highest BCUT2D eigenvalue weighted by Crippen LogP contribution is 2.34. The standard InChI is InChI=1S/C11H19NO2/c1-2-11-10(7-9(1)14-11)12-8-3-5-13-6-4-8/h8-12H,1-7H2/t9-,10-,11+/m1/s1. The van der Waals surface area contributed by atoms with Gasteiger partial charge >= 0.3 is 0 Å². The molecule has 14 heavy (non-hydrogen) atoms. The summed E-state index contributed by atoms with van der Waals surface area (Å²) in [5.41, 5.74) is 0. The fourth-order valence-corrected chi connectivity index (χ4v) is 2.98. The van der Waals surface area contributed by atoms with Crippen molar-refractivity contribution in [2.24, 2.45) is 0 Å². The van der Waals surface area contributed by atoms with Crippen molar-refractivity contribution in [2.75, 3.05) is 13.2 Å². The number of fused-ring (bicyclic) bond motifs is 2. The number of ether oxygens (including phenoxy) is 2. The summed E-state index contributed by atoms with van der Waals surface area (Å²) in [7, 11) is 0. The molecule has 3 aliphatic rings. The Morgan fingerprint density at radius 2 is 1.86 bits per heavy atom. The van der Waals surface area contributed by atoms with Gasteiger partial charge in [-0.05, 0) is 32.1 Å². The molecular weight excluding hydrogens is 178 g/mol. The van der Waals surface area contributed by atoms with E-state index in [0.29, 0.717) is 24.3 Å². The third kappa shape index (κ3) is 1.69. The van der Waals surface area contributed by atoms with Crippen molar-refractivity contribution in [1.29, 1.82) is 0 Å². The minimum absolute atomic E-state index is 0.517. The van der Waals surface area contributed by atoms with Gasteiger partial charge in [0.2, 0.25) is 0 Å². The summed E-state index contributed by atoms with van der Waals surface area (Å²) in [6, 6.07) is 1.31. The first-order chi connectivity index (χ1) is 6.92. The van der Waals surface area contributed by atoms with Crippen LogP contribution in [0.4, 0.5) is 0 Å². The van der Waals surface area contributed by atoms with Gasteiger partial charge in [-0.1, -0.05) is 0 Å². The quantitative estimate of drug-likeness (QED) is 0.718. The van der Waals surface area contributed by atoms with E-state index in [-0.39, 0.29) is 0 Å². The van der Waals surface area contributed by atoms with Crippen LogP contribution in [0, 0.1) is 0 Å². The van der Waals surface area contributed by atoms with Crippen molar-refractivity contribution in [2.45, 2.75) is 56.4 Å². The van der Waals surface area contributed by atoms with Crippen LogP contribution in [0.5, 0.6) is 0 Å². The Morgan fingerprint density at radius 3 is 2.50 bits per heavy atom. The van der Waals surface area contributed by atoms with Crippen LogP contribution in [-0.4, -0.2) is 37.5 Å². The summed E-state index contributed by atoms with van der Waals surface area (Å²) in [6.07, 6.45) is 7.23. The molecule has 0 aliphatic carbocycles. The Balaban J connectivity index is 1.52. The Labute approximate surface area is 85.1 Å². The maximum absolute atomic E-state index is 5.83. The molecule has 3 fully saturated rings. The third-order valence-corrected chi connectivity index (χ3v) is 3.78. The van der Waals surface area contributed by atoms with E-state index in [1.807, 2.05) is 0 Å². The lowest BCUT2D eigenvalue weighted by Gasteiger charge is -2.29. The molecule has 0 spiro atoms. The number of rotatable bonds is 2. The van der Waals surface area contributed by atoms with Crippen LogP contribution >= 0.6 is 0 Å². The Bertz CT molecular complexity index is 203. The Morgan fingerprint density at radius 1 is 1.00 bits per heavy atom. The average molecular weight is 197 g/mol. The summed E-state index contributed by atoms with van der Waals surface area (Å²) in [4.78, 5) is 0. The first kappa shape index (κ1) is 9.13. The second-order valence-corrected chi connectivity index (χ2v) is 4.77. The lowest BCUT2D eigenvalue weighted by Crippen LogP contribution is -2.46. The zero-order chi connectivity index (χ0) is 9.38. The lowest BCUT2D eigenvalue weighted by molar-refractivity contribution is 0.0659. The van der Waals surface area contributed by atoms with Gasteiger partial charge < -0.3 is 14.8 Å². The smallest absolute Gasteiger partial charge is 0.0733 e. The summed E-state index contributed by atoms with van der Waals surface area (Å²) >= 11 is 0. The number of hydrogen-bond acceptors (Lipinski definition) is 3. The van der Waals surface area contributed by atoms with E-state index in [2.05, 4.69) is 5.32 Å². The molecule has 3 atom stereocenters. The molecule has 0 unspecified atom stereocenters. The van der Waals surface area contributed by atoms with Gasteiger partial charge in [-0.15, -0.1) is 0 Å². The average Bonchev–Trinajstić information content (AvgIpc) is 2.81. The highest BCUT2D eigenvalue weighted by molar-refractivity contribution is 4.95. The van der Waals surface area contributed by atoms with Crippen LogP contribution in [0.3, 0.4) is 0 Å². The Hall–Kier alpha value is -0.120. The molecule has 3 aliphatic heterocycles. The van der Waals surface area contributed by atoms with E-state index in [1.54, 1.807) is 0 Å². The minimum atomic E-state index is 0.517. The van der Waals surface area contributed by atoms with Gasteiger partial charge in [0.15, 0.2) is 0 Å². The molecule has 0 radical (unpaired) electrons. The first-order valence-corrected chi connectivity index (χ1v) is 5.91. The largest absolute Gasteiger partial charge is 0.381 e. The molecule has 3 heteroatoms. The highest BCUT2D eigenvalue weighted by Gasteiger charge is 2.41. The molecule has 0 saturated carbocycles. The van der Waals surface area contributed by atoms with Crippen LogP contribution in [0.1, 0.15) is 32.1 Å². The van der Waals surface area contributed by atoms with E-state index in [4.69, 9.17) is 9.47 Å². The van der Waals surface area contributed by atoms with Crippen molar-refractivity contribution in [3.8, 4) is 0 Å². The topological polar surface area (TPSA) is 30.5 Å². The second-order valence-electron chi connectivity index (χ2n) is 4.77.